The van der Waals surface area contributed by atoms with Gasteiger partial charge in [-0.15, -0.1) is 11.3 Å². The molecule has 0 radical (unpaired) electrons. The molecular formula is C15H14O6S. The largest absolute Gasteiger partial charge is 0.493 e. The molecule has 2 heterocycles. The second-order valence-corrected chi connectivity index (χ2v) is 5.86. The minimum Gasteiger partial charge on any atom is -0.493 e. The number of methoxy groups -OCH3 is 1. The number of hydrogen-bond donors (Lipinski definition) is 1. The lowest BCUT2D eigenvalue weighted by Crippen LogP contribution is -2.16. The molecule has 1 aromatic heterocycles. The van der Waals surface area contributed by atoms with Crippen molar-refractivity contribution in [2.45, 2.75) is 12.8 Å². The summed E-state index contributed by atoms with van der Waals surface area (Å²) in [7, 11) is 1.55. The van der Waals surface area contributed by atoms with Crippen LogP contribution in [0.4, 0.5) is 0 Å². The zero-order valence-corrected chi connectivity index (χ0v) is 12.7. The van der Waals surface area contributed by atoms with Crippen LogP contribution in [0.2, 0.25) is 0 Å². The Morgan fingerprint density at radius 3 is 2.64 bits per heavy atom. The lowest BCUT2D eigenvalue weighted by molar-refractivity contribution is -0.136. The molecular weight excluding hydrogens is 308 g/mol. The monoisotopic (exact) mass is 322 g/mol. The van der Waals surface area contributed by atoms with Gasteiger partial charge in [-0.2, -0.15) is 0 Å². The van der Waals surface area contributed by atoms with E-state index in [-0.39, 0.29) is 18.6 Å². The van der Waals surface area contributed by atoms with E-state index in [1.165, 1.54) is 11.3 Å². The first-order valence-corrected chi connectivity index (χ1v) is 7.57. The minimum absolute atomic E-state index is 0.0150. The van der Waals surface area contributed by atoms with Crippen LogP contribution < -0.4 is 14.2 Å². The summed E-state index contributed by atoms with van der Waals surface area (Å²) >= 11 is 1.30. The number of aliphatic carboxylic acids is 1. The van der Waals surface area contributed by atoms with Gasteiger partial charge in [0.1, 0.15) is 13.2 Å². The third-order valence-corrected chi connectivity index (χ3v) is 4.46. The van der Waals surface area contributed by atoms with Crippen LogP contribution in [0.1, 0.15) is 22.5 Å². The van der Waals surface area contributed by atoms with E-state index in [2.05, 4.69) is 0 Å². The van der Waals surface area contributed by atoms with E-state index in [1.807, 2.05) is 6.07 Å². The summed E-state index contributed by atoms with van der Waals surface area (Å²) in [4.78, 5) is 23.2. The average Bonchev–Trinajstić information content (AvgIpc) is 2.96. The molecule has 0 atom stereocenters. The highest BCUT2D eigenvalue weighted by atomic mass is 32.1. The summed E-state index contributed by atoms with van der Waals surface area (Å²) in [6.07, 6.45) is -0.188. The fourth-order valence-electron chi connectivity index (χ4n) is 2.31. The van der Waals surface area contributed by atoms with Crippen LogP contribution in [0.5, 0.6) is 17.2 Å². The summed E-state index contributed by atoms with van der Waals surface area (Å²) in [5.74, 6) is 0.518. The summed E-state index contributed by atoms with van der Waals surface area (Å²) < 4.78 is 17.4. The molecule has 1 N–H and O–H groups in total. The molecule has 6 nitrogen and oxygen atoms in total. The van der Waals surface area contributed by atoms with Crippen molar-refractivity contribution in [3.05, 3.63) is 17.0 Å². The van der Waals surface area contributed by atoms with E-state index in [4.69, 9.17) is 19.3 Å². The van der Waals surface area contributed by atoms with E-state index in [0.29, 0.717) is 35.3 Å². The first-order valence-electron chi connectivity index (χ1n) is 6.75. The van der Waals surface area contributed by atoms with Crippen molar-refractivity contribution in [1.29, 1.82) is 0 Å². The first kappa shape index (κ1) is 14.6. The van der Waals surface area contributed by atoms with Crippen LogP contribution in [0.15, 0.2) is 12.1 Å². The topological polar surface area (TPSA) is 82.1 Å². The molecule has 0 saturated heterocycles. The maximum atomic E-state index is 12.1. The molecule has 1 aromatic carbocycles. The molecule has 22 heavy (non-hydrogen) atoms. The second kappa shape index (κ2) is 5.84. The van der Waals surface area contributed by atoms with E-state index in [9.17, 15) is 9.59 Å². The second-order valence-electron chi connectivity index (χ2n) is 4.77. The van der Waals surface area contributed by atoms with Gasteiger partial charge in [-0.3, -0.25) is 9.59 Å². The van der Waals surface area contributed by atoms with Gasteiger partial charge in [-0.05, 0) is 6.07 Å². The van der Waals surface area contributed by atoms with Crippen molar-refractivity contribution in [3.63, 3.8) is 0 Å². The van der Waals surface area contributed by atoms with Gasteiger partial charge in [-0.1, -0.05) is 0 Å². The number of carbonyl (C=O) groups excluding carboxylic acids is 1. The molecule has 0 bridgehead atoms. The summed E-state index contributed by atoms with van der Waals surface area (Å²) in [5, 5.41) is 9.46. The van der Waals surface area contributed by atoms with Crippen molar-refractivity contribution in [3.8, 4) is 17.2 Å². The normalized spacial score (nSPS) is 13.1. The Morgan fingerprint density at radius 1 is 1.23 bits per heavy atom. The smallest absolute Gasteiger partial charge is 0.303 e. The molecule has 0 aliphatic carbocycles. The highest BCUT2D eigenvalue weighted by molar-refractivity contribution is 7.21. The molecule has 3 rings (SSSR count). The number of thiophene rings is 1. The fraction of sp³-hybridized carbons (Fsp3) is 0.333. The standard InChI is InChI=1S/C15H14O6S/c1-19-10-7-11-8(14-15(10)21-5-4-20-14)6-12(22-11)9(16)2-3-13(17)18/h6-7H,2-5H2,1H3,(H,17,18). The lowest BCUT2D eigenvalue weighted by atomic mass is 10.1. The van der Waals surface area contributed by atoms with Gasteiger partial charge >= 0.3 is 5.97 Å². The van der Waals surface area contributed by atoms with E-state index in [0.717, 1.165) is 10.1 Å². The van der Waals surface area contributed by atoms with Crippen LogP contribution in [-0.2, 0) is 4.79 Å². The molecule has 2 aromatic rings. The van der Waals surface area contributed by atoms with Crippen LogP contribution in [0.25, 0.3) is 10.1 Å². The molecule has 0 fully saturated rings. The third-order valence-electron chi connectivity index (χ3n) is 3.33. The summed E-state index contributed by atoms with van der Waals surface area (Å²) in [6, 6.07) is 3.54. The van der Waals surface area contributed by atoms with E-state index in [1.54, 1.807) is 13.2 Å². The number of hydrogen-bond acceptors (Lipinski definition) is 6. The summed E-state index contributed by atoms with van der Waals surface area (Å²) in [6.45, 7) is 0.886. The molecule has 1 aliphatic rings. The van der Waals surface area contributed by atoms with Crippen molar-refractivity contribution in [2.24, 2.45) is 0 Å². The SMILES string of the molecule is COc1cc2sc(C(=O)CCC(=O)O)cc2c2c1OCCO2. The Bertz CT molecular complexity index is 748. The number of carboxylic acid groups (broad SMARTS) is 1. The Labute approximate surface area is 130 Å². The van der Waals surface area contributed by atoms with Crippen LogP contribution in [0.3, 0.4) is 0 Å². The number of carboxylic acids is 1. The quantitative estimate of drug-likeness (QED) is 0.852. The van der Waals surface area contributed by atoms with Crippen molar-refractivity contribution in [1.82, 2.24) is 0 Å². The van der Waals surface area contributed by atoms with Gasteiger partial charge in [0.2, 0.25) is 5.75 Å². The molecule has 0 unspecified atom stereocenters. The fourth-order valence-corrected chi connectivity index (χ4v) is 3.37. The predicted molar refractivity (Wildman–Crippen MR) is 80.6 cm³/mol. The first-order chi connectivity index (χ1) is 10.6. The van der Waals surface area contributed by atoms with Gasteiger partial charge in [0.05, 0.1) is 18.4 Å². The number of benzene rings is 1. The Hall–Kier alpha value is -2.28. The molecule has 1 aliphatic heterocycles. The maximum absolute atomic E-state index is 12.1. The van der Waals surface area contributed by atoms with Crippen LogP contribution >= 0.6 is 11.3 Å². The van der Waals surface area contributed by atoms with Crippen LogP contribution in [0, 0.1) is 0 Å². The van der Waals surface area contributed by atoms with Gasteiger partial charge in [-0.25, -0.2) is 0 Å². The van der Waals surface area contributed by atoms with E-state index < -0.39 is 5.97 Å². The molecule has 7 heteroatoms. The Kier molecular flexibility index (Phi) is 3.89. The van der Waals surface area contributed by atoms with Gasteiger partial charge in [0.15, 0.2) is 17.3 Å². The zero-order valence-electron chi connectivity index (χ0n) is 11.9. The lowest BCUT2D eigenvalue weighted by Gasteiger charge is -2.21. The number of rotatable bonds is 5. The number of carbonyl (C=O) groups is 2. The predicted octanol–water partition coefficient (Wildman–Crippen LogP) is 2.73. The van der Waals surface area contributed by atoms with Crippen molar-refractivity contribution in [2.75, 3.05) is 20.3 Å². The number of Topliss-reactive ketones (excluding diaryl/α,β-unsaturated/α-hetero) is 1. The molecule has 0 spiro atoms. The van der Waals surface area contributed by atoms with E-state index >= 15 is 0 Å². The molecule has 116 valence electrons. The average molecular weight is 322 g/mol. The Balaban J connectivity index is 2.02. The maximum Gasteiger partial charge on any atom is 0.303 e. The highest BCUT2D eigenvalue weighted by Gasteiger charge is 2.23. The summed E-state index contributed by atoms with van der Waals surface area (Å²) in [5.41, 5.74) is 0. The van der Waals surface area contributed by atoms with Gasteiger partial charge in [0.25, 0.3) is 0 Å². The van der Waals surface area contributed by atoms with Crippen LogP contribution in [-0.4, -0.2) is 37.2 Å². The highest BCUT2D eigenvalue weighted by Crippen LogP contribution is 2.47. The number of ketones is 1. The van der Waals surface area contributed by atoms with Crippen molar-refractivity contribution < 1.29 is 28.9 Å². The third kappa shape index (κ3) is 2.59. The number of ether oxygens (including phenoxy) is 3. The molecule has 0 amide bonds. The van der Waals surface area contributed by atoms with Gasteiger partial charge in [0, 0.05) is 22.6 Å². The van der Waals surface area contributed by atoms with Gasteiger partial charge < -0.3 is 19.3 Å². The van der Waals surface area contributed by atoms with Crippen molar-refractivity contribution >= 4 is 33.2 Å². The Morgan fingerprint density at radius 2 is 1.95 bits per heavy atom. The minimum atomic E-state index is -0.981. The number of fused-ring (bicyclic) bond motifs is 3. The zero-order chi connectivity index (χ0) is 15.7. The molecule has 0 saturated carbocycles.